The van der Waals surface area contributed by atoms with Crippen LogP contribution in [-0.4, -0.2) is 22.0 Å². The van der Waals surface area contributed by atoms with Crippen LogP contribution in [0.1, 0.15) is 21.6 Å². The number of carboxylic acids is 1. The van der Waals surface area contributed by atoms with Crippen molar-refractivity contribution in [2.45, 2.75) is 6.92 Å². The molecule has 5 nitrogen and oxygen atoms in total. The van der Waals surface area contributed by atoms with Gasteiger partial charge in [0.15, 0.2) is 0 Å². The van der Waals surface area contributed by atoms with Gasteiger partial charge in [0, 0.05) is 23.2 Å². The summed E-state index contributed by atoms with van der Waals surface area (Å²) in [5.74, 6) is -1.73. The number of pyridine rings is 1. The summed E-state index contributed by atoms with van der Waals surface area (Å²) in [7, 11) is 0. The van der Waals surface area contributed by atoms with Crippen molar-refractivity contribution >= 4 is 34.5 Å². The van der Waals surface area contributed by atoms with Gasteiger partial charge < -0.3 is 10.4 Å². The van der Waals surface area contributed by atoms with E-state index in [2.05, 4.69) is 10.3 Å². The molecule has 0 aliphatic carbocycles. The summed E-state index contributed by atoms with van der Waals surface area (Å²) in [5.41, 5.74) is 2.67. The number of anilines is 1. The fourth-order valence-corrected chi connectivity index (χ4v) is 2.51. The minimum atomic E-state index is -1.03. The van der Waals surface area contributed by atoms with Crippen molar-refractivity contribution in [1.82, 2.24) is 4.98 Å². The molecule has 0 aliphatic heterocycles. The minimum Gasteiger partial charge on any atom is -0.478 e. The monoisotopic (exact) mass is 350 g/mol. The summed E-state index contributed by atoms with van der Waals surface area (Å²) in [6, 6.07) is 12.7. The van der Waals surface area contributed by atoms with Crippen LogP contribution in [0.4, 0.5) is 10.1 Å². The van der Waals surface area contributed by atoms with Gasteiger partial charge in [-0.3, -0.25) is 9.78 Å². The third-order valence-electron chi connectivity index (χ3n) is 3.80. The van der Waals surface area contributed by atoms with Gasteiger partial charge >= 0.3 is 5.97 Å². The van der Waals surface area contributed by atoms with Gasteiger partial charge in [-0.25, -0.2) is 9.18 Å². The largest absolute Gasteiger partial charge is 0.478 e. The van der Waals surface area contributed by atoms with Gasteiger partial charge in [0.2, 0.25) is 0 Å². The Morgan fingerprint density at radius 1 is 1.12 bits per heavy atom. The molecule has 0 radical (unpaired) electrons. The lowest BCUT2D eigenvalue weighted by molar-refractivity contribution is -0.131. The first kappa shape index (κ1) is 17.3. The summed E-state index contributed by atoms with van der Waals surface area (Å²) < 4.78 is 13.3. The Bertz CT molecular complexity index is 1030. The Labute approximate surface area is 148 Å². The van der Waals surface area contributed by atoms with Crippen LogP contribution >= 0.6 is 0 Å². The molecule has 2 N–H and O–H groups in total. The SMILES string of the molecule is Cc1nc2cc(F)ccc2cc1C(=O)Nc1ccc(C=CC(=O)O)cc1. The van der Waals surface area contributed by atoms with Gasteiger partial charge in [-0.1, -0.05) is 12.1 Å². The van der Waals surface area contributed by atoms with Gasteiger partial charge in [-0.2, -0.15) is 0 Å². The van der Waals surface area contributed by atoms with Crippen LogP contribution in [0.5, 0.6) is 0 Å². The van der Waals surface area contributed by atoms with Crippen LogP contribution in [0.25, 0.3) is 17.0 Å². The van der Waals surface area contributed by atoms with Crippen molar-refractivity contribution in [1.29, 1.82) is 0 Å². The molecule has 26 heavy (non-hydrogen) atoms. The number of carboxylic acid groups (broad SMARTS) is 1. The molecule has 1 amide bonds. The minimum absolute atomic E-state index is 0.324. The maximum absolute atomic E-state index is 13.3. The first-order valence-corrected chi connectivity index (χ1v) is 7.82. The van der Waals surface area contributed by atoms with Crippen LogP contribution in [0.3, 0.4) is 0 Å². The number of hydrogen-bond acceptors (Lipinski definition) is 3. The summed E-state index contributed by atoms with van der Waals surface area (Å²) in [6.45, 7) is 1.69. The number of aromatic nitrogens is 1. The predicted molar refractivity (Wildman–Crippen MR) is 97.5 cm³/mol. The lowest BCUT2D eigenvalue weighted by atomic mass is 10.1. The number of amides is 1. The number of fused-ring (bicyclic) bond motifs is 1. The molecule has 1 heterocycles. The predicted octanol–water partition coefficient (Wildman–Crippen LogP) is 4.03. The molecule has 2 aromatic carbocycles. The second-order valence-corrected chi connectivity index (χ2v) is 5.71. The van der Waals surface area contributed by atoms with Gasteiger partial charge in [0.25, 0.3) is 5.91 Å². The van der Waals surface area contributed by atoms with Gasteiger partial charge in [0.1, 0.15) is 5.82 Å². The average molecular weight is 350 g/mol. The van der Waals surface area contributed by atoms with E-state index in [4.69, 9.17) is 5.11 Å². The number of aryl methyl sites for hydroxylation is 1. The molecule has 0 fully saturated rings. The van der Waals surface area contributed by atoms with Crippen LogP contribution in [0, 0.1) is 12.7 Å². The fraction of sp³-hybridized carbons (Fsp3) is 0.0500. The van der Waals surface area contributed by atoms with E-state index in [1.165, 1.54) is 18.2 Å². The van der Waals surface area contributed by atoms with E-state index in [0.29, 0.717) is 33.4 Å². The number of carbonyl (C=O) groups excluding carboxylic acids is 1. The quantitative estimate of drug-likeness (QED) is 0.696. The van der Waals surface area contributed by atoms with Crippen LogP contribution in [0.15, 0.2) is 54.6 Å². The maximum atomic E-state index is 13.3. The number of rotatable bonds is 4. The highest BCUT2D eigenvalue weighted by Gasteiger charge is 2.12. The van der Waals surface area contributed by atoms with Gasteiger partial charge in [0.05, 0.1) is 16.8 Å². The Hall–Kier alpha value is -3.54. The van der Waals surface area contributed by atoms with Gasteiger partial charge in [-0.05, 0) is 48.9 Å². The molecule has 6 heteroatoms. The molecule has 0 atom stereocenters. The summed E-state index contributed by atoms with van der Waals surface area (Å²) in [6.07, 6.45) is 2.50. The zero-order valence-electron chi connectivity index (χ0n) is 13.9. The number of nitrogens with zero attached hydrogens (tertiary/aromatic N) is 1. The lowest BCUT2D eigenvalue weighted by Crippen LogP contribution is -2.14. The molecule has 0 bridgehead atoms. The van der Waals surface area contributed by atoms with E-state index in [1.807, 2.05) is 0 Å². The van der Waals surface area contributed by atoms with Crippen LogP contribution < -0.4 is 5.32 Å². The van der Waals surface area contributed by atoms with Crippen molar-refractivity contribution < 1.29 is 19.1 Å². The number of halogens is 1. The topological polar surface area (TPSA) is 79.3 Å². The highest BCUT2D eigenvalue weighted by Crippen LogP contribution is 2.19. The Kier molecular flexibility index (Phi) is 4.75. The van der Waals surface area contributed by atoms with Crippen molar-refractivity contribution in [3.05, 3.63) is 77.2 Å². The Balaban J connectivity index is 1.81. The number of benzene rings is 2. The van der Waals surface area contributed by atoms with Crippen LogP contribution in [0.2, 0.25) is 0 Å². The van der Waals surface area contributed by atoms with Crippen LogP contribution in [-0.2, 0) is 4.79 Å². The molecule has 0 unspecified atom stereocenters. The number of nitrogens with one attached hydrogen (secondary N) is 1. The highest BCUT2D eigenvalue weighted by atomic mass is 19.1. The van der Waals surface area contributed by atoms with E-state index in [1.54, 1.807) is 43.3 Å². The van der Waals surface area contributed by atoms with Crippen molar-refractivity contribution in [3.63, 3.8) is 0 Å². The smallest absolute Gasteiger partial charge is 0.328 e. The third kappa shape index (κ3) is 3.92. The zero-order valence-corrected chi connectivity index (χ0v) is 13.9. The number of carbonyl (C=O) groups is 2. The van der Waals surface area contributed by atoms with E-state index in [0.717, 1.165) is 6.08 Å². The highest BCUT2D eigenvalue weighted by molar-refractivity contribution is 6.06. The normalized spacial score (nSPS) is 11.0. The molecule has 0 saturated heterocycles. The molecular formula is C20H15FN2O3. The second kappa shape index (κ2) is 7.14. The van der Waals surface area contributed by atoms with E-state index >= 15 is 0 Å². The molecule has 0 aliphatic rings. The van der Waals surface area contributed by atoms with E-state index < -0.39 is 5.97 Å². The molecule has 3 rings (SSSR count). The summed E-state index contributed by atoms with van der Waals surface area (Å²) >= 11 is 0. The third-order valence-corrected chi connectivity index (χ3v) is 3.80. The number of aliphatic carboxylic acids is 1. The second-order valence-electron chi connectivity index (χ2n) is 5.71. The van der Waals surface area contributed by atoms with Gasteiger partial charge in [-0.15, -0.1) is 0 Å². The average Bonchev–Trinajstić information content (AvgIpc) is 2.60. The van der Waals surface area contributed by atoms with E-state index in [-0.39, 0.29) is 11.7 Å². The lowest BCUT2D eigenvalue weighted by Gasteiger charge is -2.09. The molecule has 0 spiro atoms. The first-order valence-electron chi connectivity index (χ1n) is 7.82. The molecule has 0 saturated carbocycles. The Morgan fingerprint density at radius 3 is 2.54 bits per heavy atom. The fourth-order valence-electron chi connectivity index (χ4n) is 2.51. The summed E-state index contributed by atoms with van der Waals surface area (Å²) in [4.78, 5) is 27.3. The van der Waals surface area contributed by atoms with Crippen molar-refractivity contribution in [2.24, 2.45) is 0 Å². The molecular weight excluding hydrogens is 335 g/mol. The maximum Gasteiger partial charge on any atom is 0.328 e. The zero-order chi connectivity index (χ0) is 18.7. The Morgan fingerprint density at radius 2 is 1.85 bits per heavy atom. The molecule has 130 valence electrons. The summed E-state index contributed by atoms with van der Waals surface area (Å²) in [5, 5.41) is 12.1. The standard InChI is InChI=1S/C20H15FN2O3/c1-12-17(10-14-5-6-15(21)11-18(14)22-12)20(26)23-16-7-2-13(3-8-16)4-9-19(24)25/h2-11H,1H3,(H,23,26)(H,24,25). The molecule has 1 aromatic heterocycles. The van der Waals surface area contributed by atoms with E-state index in [9.17, 15) is 14.0 Å². The first-order chi connectivity index (χ1) is 12.4. The molecule has 3 aromatic rings. The van der Waals surface area contributed by atoms with Crippen molar-refractivity contribution in [2.75, 3.05) is 5.32 Å². The number of hydrogen-bond donors (Lipinski definition) is 2. The van der Waals surface area contributed by atoms with Crippen molar-refractivity contribution in [3.8, 4) is 0 Å².